The molecule has 0 bridgehead atoms. The molecule has 104 valence electrons. The molecule has 0 radical (unpaired) electrons. The van der Waals surface area contributed by atoms with Gasteiger partial charge in [0, 0.05) is 18.5 Å². The molecular formula is C15H28N2O. The predicted molar refractivity (Wildman–Crippen MR) is 74.2 cm³/mol. The maximum atomic E-state index is 12.0. The van der Waals surface area contributed by atoms with Crippen LogP contribution in [0.1, 0.15) is 70.6 Å². The first kappa shape index (κ1) is 13.9. The normalized spacial score (nSPS) is 30.7. The van der Waals surface area contributed by atoms with Gasteiger partial charge in [-0.15, -0.1) is 0 Å². The van der Waals surface area contributed by atoms with Crippen LogP contribution in [0.3, 0.4) is 0 Å². The lowest BCUT2D eigenvalue weighted by atomic mass is 9.91. The first-order chi connectivity index (χ1) is 8.74. The highest BCUT2D eigenvalue weighted by Crippen LogP contribution is 2.25. The van der Waals surface area contributed by atoms with E-state index in [9.17, 15) is 4.79 Å². The molecule has 3 nitrogen and oxygen atoms in total. The van der Waals surface area contributed by atoms with Gasteiger partial charge in [0.05, 0.1) is 0 Å². The zero-order valence-electron chi connectivity index (χ0n) is 11.5. The van der Waals surface area contributed by atoms with Crippen LogP contribution in [0.5, 0.6) is 0 Å². The number of nitrogens with one attached hydrogen (secondary N) is 1. The molecule has 0 atom stereocenters. The molecule has 18 heavy (non-hydrogen) atoms. The average molecular weight is 252 g/mol. The molecule has 0 saturated heterocycles. The van der Waals surface area contributed by atoms with Gasteiger partial charge in [-0.3, -0.25) is 4.79 Å². The van der Waals surface area contributed by atoms with Crippen molar-refractivity contribution in [3.05, 3.63) is 0 Å². The predicted octanol–water partition coefficient (Wildman–Crippen LogP) is 2.73. The van der Waals surface area contributed by atoms with E-state index in [-0.39, 0.29) is 5.91 Å². The first-order valence-electron chi connectivity index (χ1n) is 7.79. The minimum absolute atomic E-state index is 0.280. The summed E-state index contributed by atoms with van der Waals surface area (Å²) in [5, 5.41) is 3.21. The smallest absolute Gasteiger partial charge is 0.220 e. The molecule has 2 aliphatic carbocycles. The van der Waals surface area contributed by atoms with Crippen LogP contribution in [-0.2, 0) is 4.79 Å². The Kier molecular flexibility index (Phi) is 5.48. The van der Waals surface area contributed by atoms with Crippen molar-refractivity contribution in [1.82, 2.24) is 5.32 Å². The van der Waals surface area contributed by atoms with Crippen molar-refractivity contribution >= 4 is 5.91 Å². The molecule has 0 aromatic rings. The van der Waals surface area contributed by atoms with Gasteiger partial charge in [0.25, 0.3) is 0 Å². The zero-order chi connectivity index (χ0) is 12.8. The van der Waals surface area contributed by atoms with Crippen LogP contribution < -0.4 is 11.1 Å². The van der Waals surface area contributed by atoms with Crippen molar-refractivity contribution < 1.29 is 4.79 Å². The van der Waals surface area contributed by atoms with Crippen LogP contribution in [0.4, 0.5) is 0 Å². The Morgan fingerprint density at radius 1 is 0.944 bits per heavy atom. The van der Waals surface area contributed by atoms with E-state index in [1.165, 1.54) is 38.5 Å². The van der Waals surface area contributed by atoms with Crippen LogP contribution in [-0.4, -0.2) is 18.0 Å². The summed E-state index contributed by atoms with van der Waals surface area (Å²) in [6, 6.07) is 0.753. The molecule has 2 rings (SSSR count). The number of amides is 1. The maximum absolute atomic E-state index is 12.0. The van der Waals surface area contributed by atoms with Crippen molar-refractivity contribution in [2.75, 3.05) is 0 Å². The number of carbonyl (C=O) groups is 1. The van der Waals surface area contributed by atoms with Gasteiger partial charge in [0.15, 0.2) is 0 Å². The maximum Gasteiger partial charge on any atom is 0.220 e. The third kappa shape index (κ3) is 4.60. The summed E-state index contributed by atoms with van der Waals surface area (Å²) >= 11 is 0. The Labute approximate surface area is 111 Å². The molecule has 0 aliphatic heterocycles. The van der Waals surface area contributed by atoms with Crippen LogP contribution >= 0.6 is 0 Å². The third-order valence-corrected chi connectivity index (χ3v) is 4.59. The fourth-order valence-corrected chi connectivity index (χ4v) is 3.38. The van der Waals surface area contributed by atoms with Crippen LogP contribution in [0.15, 0.2) is 0 Å². The van der Waals surface area contributed by atoms with E-state index >= 15 is 0 Å². The van der Waals surface area contributed by atoms with E-state index in [4.69, 9.17) is 5.73 Å². The first-order valence-corrected chi connectivity index (χ1v) is 7.79. The largest absolute Gasteiger partial charge is 0.353 e. The quantitative estimate of drug-likeness (QED) is 0.759. The minimum Gasteiger partial charge on any atom is -0.353 e. The topological polar surface area (TPSA) is 55.1 Å². The Bertz CT molecular complexity index is 251. The second-order valence-electron chi connectivity index (χ2n) is 6.24. The fraction of sp³-hybridized carbons (Fsp3) is 0.933. The standard InChI is InChI=1S/C15H28N2O/c16-13-7-9-14(10-8-13)17-15(18)11-12-5-3-1-2-4-6-12/h12-14H,1-11,16H2,(H,17,18). The second-order valence-corrected chi connectivity index (χ2v) is 6.24. The Balaban J connectivity index is 1.67. The second kappa shape index (κ2) is 7.13. The summed E-state index contributed by atoms with van der Waals surface area (Å²) in [5.41, 5.74) is 5.88. The van der Waals surface area contributed by atoms with E-state index in [1.807, 2.05) is 0 Å². The van der Waals surface area contributed by atoms with Crippen molar-refractivity contribution in [3.63, 3.8) is 0 Å². The molecule has 2 fully saturated rings. The van der Waals surface area contributed by atoms with E-state index < -0.39 is 0 Å². The summed E-state index contributed by atoms with van der Waals surface area (Å²) in [6.07, 6.45) is 12.9. The zero-order valence-corrected chi connectivity index (χ0v) is 11.5. The van der Waals surface area contributed by atoms with E-state index in [1.54, 1.807) is 0 Å². The molecule has 0 heterocycles. The van der Waals surface area contributed by atoms with Gasteiger partial charge in [0.2, 0.25) is 5.91 Å². The van der Waals surface area contributed by atoms with Gasteiger partial charge in [-0.25, -0.2) is 0 Å². The summed E-state index contributed by atoms with van der Waals surface area (Å²) in [7, 11) is 0. The highest BCUT2D eigenvalue weighted by atomic mass is 16.1. The molecule has 3 heteroatoms. The SMILES string of the molecule is NC1CCC(NC(=O)CC2CCCCCC2)CC1. The van der Waals surface area contributed by atoms with E-state index in [2.05, 4.69) is 5.32 Å². The molecule has 2 saturated carbocycles. The number of hydrogen-bond donors (Lipinski definition) is 2. The number of carbonyl (C=O) groups excluding carboxylic acids is 1. The van der Waals surface area contributed by atoms with E-state index in [0.717, 1.165) is 32.1 Å². The summed E-state index contributed by atoms with van der Waals surface area (Å²) in [5.74, 6) is 0.917. The van der Waals surface area contributed by atoms with Crippen molar-refractivity contribution in [2.24, 2.45) is 11.7 Å². The van der Waals surface area contributed by atoms with Gasteiger partial charge in [-0.2, -0.15) is 0 Å². The van der Waals surface area contributed by atoms with Gasteiger partial charge < -0.3 is 11.1 Å². The van der Waals surface area contributed by atoms with Gasteiger partial charge >= 0.3 is 0 Å². The van der Waals surface area contributed by atoms with Crippen molar-refractivity contribution in [2.45, 2.75) is 82.7 Å². The Morgan fingerprint density at radius 3 is 2.17 bits per heavy atom. The molecule has 0 aromatic carbocycles. The average Bonchev–Trinajstić information content (AvgIpc) is 2.61. The van der Waals surface area contributed by atoms with Gasteiger partial charge in [-0.05, 0) is 44.4 Å². The lowest BCUT2D eigenvalue weighted by Crippen LogP contribution is -2.40. The van der Waals surface area contributed by atoms with Crippen LogP contribution in [0.2, 0.25) is 0 Å². The summed E-state index contributed by atoms with van der Waals surface area (Å²) in [6.45, 7) is 0. The van der Waals surface area contributed by atoms with Gasteiger partial charge in [0.1, 0.15) is 0 Å². The summed E-state index contributed by atoms with van der Waals surface area (Å²) in [4.78, 5) is 12.0. The Hall–Kier alpha value is -0.570. The molecule has 3 N–H and O–H groups in total. The van der Waals surface area contributed by atoms with E-state index in [0.29, 0.717) is 18.0 Å². The highest BCUT2D eigenvalue weighted by molar-refractivity contribution is 5.76. The molecule has 0 unspecified atom stereocenters. The van der Waals surface area contributed by atoms with Crippen molar-refractivity contribution in [1.29, 1.82) is 0 Å². The van der Waals surface area contributed by atoms with Crippen LogP contribution in [0, 0.1) is 5.92 Å². The molecule has 0 spiro atoms. The van der Waals surface area contributed by atoms with Crippen molar-refractivity contribution in [3.8, 4) is 0 Å². The summed E-state index contributed by atoms with van der Waals surface area (Å²) < 4.78 is 0. The highest BCUT2D eigenvalue weighted by Gasteiger charge is 2.22. The monoisotopic (exact) mass is 252 g/mol. The Morgan fingerprint density at radius 2 is 1.56 bits per heavy atom. The van der Waals surface area contributed by atoms with Gasteiger partial charge in [-0.1, -0.05) is 25.7 Å². The number of nitrogens with two attached hydrogens (primary N) is 1. The molecule has 2 aliphatic rings. The molecule has 0 aromatic heterocycles. The number of hydrogen-bond acceptors (Lipinski definition) is 2. The van der Waals surface area contributed by atoms with Crippen LogP contribution in [0.25, 0.3) is 0 Å². The number of rotatable bonds is 3. The molecular weight excluding hydrogens is 224 g/mol. The lowest BCUT2D eigenvalue weighted by molar-refractivity contribution is -0.123. The molecule has 1 amide bonds. The fourth-order valence-electron chi connectivity index (χ4n) is 3.38. The third-order valence-electron chi connectivity index (χ3n) is 4.59. The lowest BCUT2D eigenvalue weighted by Gasteiger charge is -2.27. The minimum atomic E-state index is 0.280.